The van der Waals surface area contributed by atoms with Crippen LogP contribution in [0.2, 0.25) is 0 Å². The number of carbonyl (C=O) groups excluding carboxylic acids is 2. The SMILES string of the molecule is CCn1ccc(CN2C(=O)C(CC(=O)OC)Oc3ccccc32)n1. The summed E-state index contributed by atoms with van der Waals surface area (Å²) in [5.74, 6) is -0.186. The van der Waals surface area contributed by atoms with Crippen LogP contribution in [0, 0.1) is 0 Å². The van der Waals surface area contributed by atoms with Crippen molar-refractivity contribution in [3.05, 3.63) is 42.2 Å². The number of anilines is 1. The minimum atomic E-state index is -0.888. The van der Waals surface area contributed by atoms with Gasteiger partial charge >= 0.3 is 5.97 Å². The molecule has 0 aliphatic carbocycles. The van der Waals surface area contributed by atoms with Gasteiger partial charge in [-0.25, -0.2) is 0 Å². The number of amides is 1. The van der Waals surface area contributed by atoms with Crippen LogP contribution in [0.3, 0.4) is 0 Å². The Balaban J connectivity index is 1.89. The zero-order chi connectivity index (χ0) is 17.1. The molecule has 7 heteroatoms. The number of esters is 1. The number of aromatic nitrogens is 2. The maximum atomic E-state index is 12.8. The maximum absolute atomic E-state index is 12.8. The smallest absolute Gasteiger partial charge is 0.309 e. The van der Waals surface area contributed by atoms with Crippen LogP contribution in [-0.4, -0.2) is 34.9 Å². The second-order valence-corrected chi connectivity index (χ2v) is 5.44. The van der Waals surface area contributed by atoms with Crippen molar-refractivity contribution in [2.24, 2.45) is 0 Å². The third kappa shape index (κ3) is 3.10. The Morgan fingerprint density at radius 3 is 2.83 bits per heavy atom. The molecule has 1 aromatic heterocycles. The highest BCUT2D eigenvalue weighted by molar-refractivity contribution is 6.01. The Labute approximate surface area is 139 Å². The summed E-state index contributed by atoms with van der Waals surface area (Å²) in [7, 11) is 1.29. The van der Waals surface area contributed by atoms with E-state index in [2.05, 4.69) is 9.84 Å². The third-order valence-electron chi connectivity index (χ3n) is 3.89. The van der Waals surface area contributed by atoms with E-state index in [-0.39, 0.29) is 12.3 Å². The third-order valence-corrected chi connectivity index (χ3v) is 3.89. The summed E-state index contributed by atoms with van der Waals surface area (Å²) >= 11 is 0. The van der Waals surface area contributed by atoms with Crippen LogP contribution < -0.4 is 9.64 Å². The largest absolute Gasteiger partial charge is 0.478 e. The summed E-state index contributed by atoms with van der Waals surface area (Å²) in [6.07, 6.45) is 0.863. The number of ether oxygens (including phenoxy) is 2. The average molecular weight is 329 g/mol. The standard InChI is InChI=1S/C17H19N3O4/c1-3-19-9-8-12(18-19)11-20-13-6-4-5-7-14(13)24-15(17(20)22)10-16(21)23-2/h4-9,15H,3,10-11H2,1-2H3. The first-order chi connectivity index (χ1) is 11.6. The molecule has 1 aromatic carbocycles. The van der Waals surface area contributed by atoms with Crippen LogP contribution in [0.5, 0.6) is 5.75 Å². The summed E-state index contributed by atoms with van der Waals surface area (Å²) in [4.78, 5) is 25.9. The maximum Gasteiger partial charge on any atom is 0.309 e. The molecule has 3 rings (SSSR count). The molecule has 0 fully saturated rings. The van der Waals surface area contributed by atoms with Crippen LogP contribution in [-0.2, 0) is 27.4 Å². The second kappa shape index (κ2) is 6.74. The molecule has 1 atom stereocenters. The Hall–Kier alpha value is -2.83. The first-order valence-corrected chi connectivity index (χ1v) is 7.78. The van der Waals surface area contributed by atoms with Gasteiger partial charge in [0.15, 0.2) is 6.10 Å². The summed E-state index contributed by atoms with van der Waals surface area (Å²) in [6.45, 7) is 3.08. The van der Waals surface area contributed by atoms with Crippen molar-refractivity contribution >= 4 is 17.6 Å². The van der Waals surface area contributed by atoms with Gasteiger partial charge in [0.25, 0.3) is 5.91 Å². The Morgan fingerprint density at radius 2 is 2.12 bits per heavy atom. The zero-order valence-corrected chi connectivity index (χ0v) is 13.6. The molecular weight excluding hydrogens is 310 g/mol. The van der Waals surface area contributed by atoms with Crippen molar-refractivity contribution < 1.29 is 19.1 Å². The van der Waals surface area contributed by atoms with Gasteiger partial charge in [0, 0.05) is 12.7 Å². The molecule has 0 bridgehead atoms. The van der Waals surface area contributed by atoms with Gasteiger partial charge in [-0.2, -0.15) is 5.10 Å². The van der Waals surface area contributed by atoms with Crippen molar-refractivity contribution in [2.45, 2.75) is 32.5 Å². The summed E-state index contributed by atoms with van der Waals surface area (Å²) in [5, 5.41) is 4.42. The molecule has 0 N–H and O–H groups in total. The van der Waals surface area contributed by atoms with Gasteiger partial charge in [0.05, 0.1) is 31.5 Å². The molecule has 0 radical (unpaired) electrons. The Kier molecular flexibility index (Phi) is 4.50. The Bertz CT molecular complexity index is 756. The van der Waals surface area contributed by atoms with Crippen LogP contribution in [0.1, 0.15) is 19.0 Å². The van der Waals surface area contributed by atoms with Crippen molar-refractivity contribution in [3.63, 3.8) is 0 Å². The molecule has 126 valence electrons. The number of hydrogen-bond acceptors (Lipinski definition) is 5. The van der Waals surface area contributed by atoms with E-state index in [1.807, 2.05) is 37.4 Å². The molecule has 1 unspecified atom stereocenters. The predicted octanol–water partition coefficient (Wildman–Crippen LogP) is 1.76. The van der Waals surface area contributed by atoms with E-state index in [9.17, 15) is 9.59 Å². The number of methoxy groups -OCH3 is 1. The number of rotatable bonds is 5. The minimum Gasteiger partial charge on any atom is -0.478 e. The normalized spacial score (nSPS) is 16.5. The number of carbonyl (C=O) groups is 2. The predicted molar refractivity (Wildman–Crippen MR) is 86.6 cm³/mol. The van der Waals surface area contributed by atoms with Crippen LogP contribution in [0.4, 0.5) is 5.69 Å². The Morgan fingerprint density at radius 1 is 1.33 bits per heavy atom. The summed E-state index contributed by atoms with van der Waals surface area (Å²) < 4.78 is 12.2. The van der Waals surface area contributed by atoms with Gasteiger partial charge in [-0.1, -0.05) is 12.1 Å². The molecule has 0 saturated carbocycles. The van der Waals surface area contributed by atoms with E-state index in [4.69, 9.17) is 4.74 Å². The van der Waals surface area contributed by atoms with Crippen molar-refractivity contribution in [2.75, 3.05) is 12.0 Å². The molecule has 0 saturated heterocycles. The van der Waals surface area contributed by atoms with E-state index in [1.54, 1.807) is 15.6 Å². The fourth-order valence-corrected chi connectivity index (χ4v) is 2.63. The number of nitrogens with zero attached hydrogens (tertiary/aromatic N) is 3. The van der Waals surface area contributed by atoms with E-state index in [0.717, 1.165) is 12.2 Å². The van der Waals surface area contributed by atoms with Crippen molar-refractivity contribution in [1.82, 2.24) is 9.78 Å². The van der Waals surface area contributed by atoms with Gasteiger partial charge in [0.1, 0.15) is 5.75 Å². The topological polar surface area (TPSA) is 73.7 Å². The van der Waals surface area contributed by atoms with Gasteiger partial charge in [-0.05, 0) is 25.1 Å². The molecular formula is C17H19N3O4. The van der Waals surface area contributed by atoms with Crippen LogP contribution in [0.25, 0.3) is 0 Å². The zero-order valence-electron chi connectivity index (χ0n) is 13.6. The minimum absolute atomic E-state index is 0.121. The van der Waals surface area contributed by atoms with E-state index < -0.39 is 12.1 Å². The number of fused-ring (bicyclic) bond motifs is 1. The molecule has 1 aliphatic rings. The first-order valence-electron chi connectivity index (χ1n) is 7.78. The average Bonchev–Trinajstić information content (AvgIpc) is 3.06. The summed E-state index contributed by atoms with van der Waals surface area (Å²) in [5.41, 5.74) is 1.45. The first kappa shape index (κ1) is 16.0. The number of benzene rings is 1. The number of hydrogen-bond donors (Lipinski definition) is 0. The highest BCUT2D eigenvalue weighted by Crippen LogP contribution is 2.35. The van der Waals surface area contributed by atoms with Gasteiger partial charge in [0.2, 0.25) is 0 Å². The van der Waals surface area contributed by atoms with Crippen molar-refractivity contribution in [3.8, 4) is 5.75 Å². The van der Waals surface area contributed by atoms with Gasteiger partial charge in [-0.3, -0.25) is 19.2 Å². The monoisotopic (exact) mass is 329 g/mol. The molecule has 0 spiro atoms. The fraction of sp³-hybridized carbons (Fsp3) is 0.353. The number of aryl methyl sites for hydroxylation is 1. The lowest BCUT2D eigenvalue weighted by Gasteiger charge is -2.33. The highest BCUT2D eigenvalue weighted by Gasteiger charge is 2.36. The molecule has 2 aromatic rings. The lowest BCUT2D eigenvalue weighted by atomic mass is 10.1. The molecule has 7 nitrogen and oxygen atoms in total. The number of para-hydroxylation sites is 2. The van der Waals surface area contributed by atoms with E-state index in [0.29, 0.717) is 18.0 Å². The highest BCUT2D eigenvalue weighted by atomic mass is 16.5. The lowest BCUT2D eigenvalue weighted by Crippen LogP contribution is -2.46. The summed E-state index contributed by atoms with van der Waals surface area (Å²) in [6, 6.07) is 9.15. The molecule has 1 amide bonds. The van der Waals surface area contributed by atoms with E-state index in [1.165, 1.54) is 7.11 Å². The molecule has 24 heavy (non-hydrogen) atoms. The lowest BCUT2D eigenvalue weighted by molar-refractivity contribution is -0.145. The van der Waals surface area contributed by atoms with Crippen molar-refractivity contribution in [1.29, 1.82) is 0 Å². The van der Waals surface area contributed by atoms with Gasteiger partial charge in [-0.15, -0.1) is 0 Å². The molecule has 1 aliphatic heterocycles. The van der Waals surface area contributed by atoms with Crippen LogP contribution in [0.15, 0.2) is 36.5 Å². The van der Waals surface area contributed by atoms with Gasteiger partial charge < -0.3 is 9.47 Å². The van der Waals surface area contributed by atoms with Crippen LogP contribution >= 0.6 is 0 Å². The quantitative estimate of drug-likeness (QED) is 0.782. The fourth-order valence-electron chi connectivity index (χ4n) is 2.63. The van der Waals surface area contributed by atoms with E-state index >= 15 is 0 Å². The second-order valence-electron chi connectivity index (χ2n) is 5.44. The molecule has 2 heterocycles.